The quantitative estimate of drug-likeness (QED) is 0.652. The number of hydrazine groups is 1. The molecule has 0 aliphatic rings. The van der Waals surface area contributed by atoms with E-state index in [1.165, 1.54) is 6.07 Å². The molecule has 0 spiro atoms. The Morgan fingerprint density at radius 3 is 2.82 bits per heavy atom. The van der Waals surface area contributed by atoms with Crippen molar-refractivity contribution in [2.45, 2.75) is 12.5 Å². The first-order valence-electron chi connectivity index (χ1n) is 5.13. The van der Waals surface area contributed by atoms with Crippen molar-refractivity contribution in [3.05, 3.63) is 58.8 Å². The highest BCUT2D eigenvalue weighted by Gasteiger charge is 2.18. The minimum Gasteiger partial charge on any atom is -0.472 e. The Morgan fingerprint density at radius 2 is 2.24 bits per heavy atom. The highest BCUT2D eigenvalue weighted by Crippen LogP contribution is 2.27. The fourth-order valence-electron chi connectivity index (χ4n) is 1.73. The largest absolute Gasteiger partial charge is 0.472 e. The normalized spacial score (nSPS) is 12.6. The van der Waals surface area contributed by atoms with E-state index in [2.05, 4.69) is 5.43 Å². The molecule has 17 heavy (non-hydrogen) atoms. The van der Waals surface area contributed by atoms with Crippen LogP contribution in [0.2, 0.25) is 5.02 Å². The van der Waals surface area contributed by atoms with E-state index in [-0.39, 0.29) is 11.9 Å². The van der Waals surface area contributed by atoms with Gasteiger partial charge in [0.25, 0.3) is 0 Å². The Morgan fingerprint density at radius 1 is 1.41 bits per heavy atom. The van der Waals surface area contributed by atoms with Crippen molar-refractivity contribution < 1.29 is 8.81 Å². The summed E-state index contributed by atoms with van der Waals surface area (Å²) in [6.07, 6.45) is 3.67. The zero-order valence-electron chi connectivity index (χ0n) is 8.99. The molecule has 1 aromatic heterocycles. The van der Waals surface area contributed by atoms with Crippen LogP contribution in [0.25, 0.3) is 0 Å². The molecule has 0 radical (unpaired) electrons. The Labute approximate surface area is 103 Å². The van der Waals surface area contributed by atoms with Gasteiger partial charge in [0.05, 0.1) is 18.6 Å². The molecule has 3 N–H and O–H groups in total. The number of hydrogen-bond acceptors (Lipinski definition) is 3. The molecule has 1 heterocycles. The minimum absolute atomic E-state index is 0.358. The molecule has 0 bridgehead atoms. The maximum atomic E-state index is 13.7. The molecule has 0 amide bonds. The van der Waals surface area contributed by atoms with Crippen molar-refractivity contribution in [2.75, 3.05) is 0 Å². The Kier molecular flexibility index (Phi) is 3.78. The maximum Gasteiger partial charge on any atom is 0.129 e. The standard InChI is InChI=1S/C12H12ClFN2O/c13-9-2-1-3-10(14)12(9)11(16-15)6-8-4-5-17-7-8/h1-5,7,11,16H,6,15H2. The smallest absolute Gasteiger partial charge is 0.129 e. The van der Waals surface area contributed by atoms with Gasteiger partial charge in [-0.3, -0.25) is 11.3 Å². The first-order valence-corrected chi connectivity index (χ1v) is 5.51. The van der Waals surface area contributed by atoms with Crippen molar-refractivity contribution in [3.8, 4) is 0 Å². The Bertz CT molecular complexity index is 467. The summed E-state index contributed by atoms with van der Waals surface area (Å²) < 4.78 is 18.7. The average Bonchev–Trinajstić information content (AvgIpc) is 2.80. The van der Waals surface area contributed by atoms with Crippen LogP contribution in [0.15, 0.2) is 41.2 Å². The molecule has 90 valence electrons. The van der Waals surface area contributed by atoms with Crippen molar-refractivity contribution in [1.82, 2.24) is 5.43 Å². The van der Waals surface area contributed by atoms with Crippen LogP contribution in [0.3, 0.4) is 0 Å². The molecule has 1 aromatic carbocycles. The SMILES string of the molecule is NNC(Cc1ccoc1)c1c(F)cccc1Cl. The molecule has 0 aliphatic heterocycles. The molecule has 0 saturated carbocycles. The predicted octanol–water partition coefficient (Wildman–Crippen LogP) is 2.82. The summed E-state index contributed by atoms with van der Waals surface area (Å²) in [4.78, 5) is 0. The van der Waals surface area contributed by atoms with Gasteiger partial charge < -0.3 is 4.42 Å². The molecule has 0 saturated heterocycles. The minimum atomic E-state index is -0.388. The predicted molar refractivity (Wildman–Crippen MR) is 63.9 cm³/mol. The van der Waals surface area contributed by atoms with Gasteiger partial charge in [0.1, 0.15) is 5.82 Å². The third kappa shape index (κ3) is 2.66. The average molecular weight is 255 g/mol. The number of benzene rings is 1. The van der Waals surface area contributed by atoms with Gasteiger partial charge in [0, 0.05) is 10.6 Å². The fourth-order valence-corrected chi connectivity index (χ4v) is 2.03. The molecule has 1 atom stereocenters. The van der Waals surface area contributed by atoms with Crippen LogP contribution in [-0.2, 0) is 6.42 Å². The number of nitrogens with two attached hydrogens (primary N) is 1. The molecule has 2 rings (SSSR count). The number of hydrogen-bond donors (Lipinski definition) is 2. The van der Waals surface area contributed by atoms with Crippen molar-refractivity contribution in [2.24, 2.45) is 5.84 Å². The van der Waals surface area contributed by atoms with Crippen molar-refractivity contribution in [3.63, 3.8) is 0 Å². The van der Waals surface area contributed by atoms with E-state index in [0.29, 0.717) is 17.0 Å². The molecule has 0 fully saturated rings. The van der Waals surface area contributed by atoms with Crippen molar-refractivity contribution >= 4 is 11.6 Å². The second-order valence-corrected chi connectivity index (χ2v) is 4.10. The molecule has 1 unspecified atom stereocenters. The van der Waals surface area contributed by atoms with Crippen LogP contribution in [-0.4, -0.2) is 0 Å². The van der Waals surface area contributed by atoms with E-state index in [9.17, 15) is 4.39 Å². The first-order chi connectivity index (χ1) is 8.22. The van der Waals surface area contributed by atoms with Crippen LogP contribution in [0.4, 0.5) is 4.39 Å². The van der Waals surface area contributed by atoms with Gasteiger partial charge in [-0.1, -0.05) is 17.7 Å². The molecular weight excluding hydrogens is 243 g/mol. The van der Waals surface area contributed by atoms with Crippen LogP contribution in [0.5, 0.6) is 0 Å². The van der Waals surface area contributed by atoms with Gasteiger partial charge in [0.2, 0.25) is 0 Å². The van der Waals surface area contributed by atoms with E-state index in [0.717, 1.165) is 5.56 Å². The third-order valence-corrected chi connectivity index (χ3v) is 2.90. The van der Waals surface area contributed by atoms with Gasteiger partial charge in [-0.25, -0.2) is 4.39 Å². The molecule has 2 aromatic rings. The first kappa shape index (κ1) is 12.1. The highest BCUT2D eigenvalue weighted by atomic mass is 35.5. The van der Waals surface area contributed by atoms with E-state index >= 15 is 0 Å². The molecule has 3 nitrogen and oxygen atoms in total. The van der Waals surface area contributed by atoms with Crippen LogP contribution >= 0.6 is 11.6 Å². The van der Waals surface area contributed by atoms with Crippen LogP contribution < -0.4 is 11.3 Å². The number of furan rings is 1. The highest BCUT2D eigenvalue weighted by molar-refractivity contribution is 6.31. The Balaban J connectivity index is 2.29. The van der Waals surface area contributed by atoms with Gasteiger partial charge in [0.15, 0.2) is 0 Å². The summed E-state index contributed by atoms with van der Waals surface area (Å²) in [6, 6.07) is 5.98. The molecule has 5 heteroatoms. The number of halogens is 2. The van der Waals surface area contributed by atoms with Gasteiger partial charge in [-0.15, -0.1) is 0 Å². The molecular formula is C12H12ClFN2O. The lowest BCUT2D eigenvalue weighted by molar-refractivity contribution is 0.505. The van der Waals surface area contributed by atoms with Gasteiger partial charge >= 0.3 is 0 Å². The van der Waals surface area contributed by atoms with Crippen LogP contribution in [0.1, 0.15) is 17.2 Å². The lowest BCUT2D eigenvalue weighted by Gasteiger charge is -2.17. The van der Waals surface area contributed by atoms with E-state index in [4.69, 9.17) is 21.9 Å². The lowest BCUT2D eigenvalue weighted by Crippen LogP contribution is -2.30. The second kappa shape index (κ2) is 5.31. The topological polar surface area (TPSA) is 51.2 Å². The summed E-state index contributed by atoms with van der Waals surface area (Å²) in [5, 5.41) is 0.358. The van der Waals surface area contributed by atoms with E-state index in [1.54, 1.807) is 30.7 Å². The lowest BCUT2D eigenvalue weighted by atomic mass is 10.0. The van der Waals surface area contributed by atoms with Gasteiger partial charge in [-0.2, -0.15) is 0 Å². The van der Waals surface area contributed by atoms with Crippen LogP contribution in [0, 0.1) is 5.82 Å². The Hall–Kier alpha value is -1.36. The fraction of sp³-hybridized carbons (Fsp3) is 0.167. The zero-order chi connectivity index (χ0) is 12.3. The van der Waals surface area contributed by atoms with Crippen molar-refractivity contribution in [1.29, 1.82) is 0 Å². The maximum absolute atomic E-state index is 13.7. The third-order valence-electron chi connectivity index (χ3n) is 2.57. The second-order valence-electron chi connectivity index (χ2n) is 3.69. The zero-order valence-corrected chi connectivity index (χ0v) is 9.75. The number of nitrogens with one attached hydrogen (secondary N) is 1. The van der Waals surface area contributed by atoms with E-state index < -0.39 is 0 Å². The summed E-state index contributed by atoms with van der Waals surface area (Å²) >= 11 is 5.98. The monoisotopic (exact) mass is 254 g/mol. The summed E-state index contributed by atoms with van der Waals surface area (Å²) in [6.45, 7) is 0. The summed E-state index contributed by atoms with van der Waals surface area (Å²) in [5.41, 5.74) is 3.87. The van der Waals surface area contributed by atoms with E-state index in [1.807, 2.05) is 0 Å². The number of rotatable bonds is 4. The summed E-state index contributed by atoms with van der Waals surface area (Å²) in [7, 11) is 0. The van der Waals surface area contributed by atoms with Gasteiger partial charge in [-0.05, 0) is 30.2 Å². The summed E-state index contributed by atoms with van der Waals surface area (Å²) in [5.74, 6) is 5.08. The molecule has 0 aliphatic carbocycles.